The van der Waals surface area contributed by atoms with Crippen molar-refractivity contribution in [1.29, 1.82) is 0 Å². The van der Waals surface area contributed by atoms with Crippen LogP contribution in [0.4, 0.5) is 10.5 Å². The Labute approximate surface area is 157 Å². The van der Waals surface area contributed by atoms with Gasteiger partial charge in [0.1, 0.15) is 12.4 Å². The maximum Gasteiger partial charge on any atom is 0.350 e. The van der Waals surface area contributed by atoms with Crippen LogP contribution in [0, 0.1) is 0 Å². The molecule has 0 saturated carbocycles. The van der Waals surface area contributed by atoms with Gasteiger partial charge in [-0.05, 0) is 24.3 Å². The number of ether oxygens (including phenoxy) is 2. The van der Waals surface area contributed by atoms with Crippen LogP contribution in [0.3, 0.4) is 0 Å². The minimum Gasteiger partial charge on any atom is -0.497 e. The van der Waals surface area contributed by atoms with Crippen LogP contribution >= 0.6 is 0 Å². The van der Waals surface area contributed by atoms with Gasteiger partial charge in [-0.1, -0.05) is 0 Å². The zero-order chi connectivity index (χ0) is 18.8. The normalized spacial score (nSPS) is 20.2. The number of anilines is 1. The van der Waals surface area contributed by atoms with Gasteiger partial charge < -0.3 is 14.4 Å². The van der Waals surface area contributed by atoms with Crippen molar-refractivity contribution in [2.45, 2.75) is 0 Å². The van der Waals surface area contributed by atoms with Crippen LogP contribution in [0.5, 0.6) is 5.75 Å². The second kappa shape index (κ2) is 7.40. The number of benzene rings is 1. The minimum atomic E-state index is -0.491. The Balaban J connectivity index is 1.29. The molecule has 0 aromatic heterocycles. The van der Waals surface area contributed by atoms with E-state index in [-0.39, 0.29) is 12.5 Å². The molecule has 1 saturated heterocycles. The topological polar surface area (TPSA) is 74.7 Å². The number of aliphatic imine (C=N–C) groups is 1. The van der Waals surface area contributed by atoms with Crippen LogP contribution in [0.2, 0.25) is 0 Å². The molecule has 0 unspecified atom stereocenters. The van der Waals surface area contributed by atoms with E-state index in [1.165, 1.54) is 16.8 Å². The second-order valence-corrected chi connectivity index (χ2v) is 6.67. The number of rotatable bonds is 5. The number of urea groups is 1. The number of carbonyl (C=O) groups excluding carboxylic acids is 2. The van der Waals surface area contributed by atoms with Gasteiger partial charge in [-0.25, -0.2) is 4.79 Å². The number of fused-ring (bicyclic) bond motifs is 1. The average molecular weight is 370 g/mol. The molecule has 3 amide bonds. The van der Waals surface area contributed by atoms with Crippen molar-refractivity contribution in [3.05, 3.63) is 36.1 Å². The maximum absolute atomic E-state index is 12.4. The highest BCUT2D eigenvalue weighted by molar-refractivity contribution is 6.30. The van der Waals surface area contributed by atoms with Crippen LogP contribution in [0.1, 0.15) is 0 Å². The lowest BCUT2D eigenvalue weighted by Crippen LogP contribution is -2.50. The quantitative estimate of drug-likeness (QED) is 0.774. The fourth-order valence-corrected chi connectivity index (χ4v) is 3.49. The van der Waals surface area contributed by atoms with Crippen LogP contribution < -0.4 is 9.64 Å². The number of imide groups is 1. The van der Waals surface area contributed by atoms with Crippen molar-refractivity contribution in [3.8, 4) is 5.75 Å². The third-order valence-corrected chi connectivity index (χ3v) is 5.12. The summed E-state index contributed by atoms with van der Waals surface area (Å²) in [4.78, 5) is 34.3. The molecular weight excluding hydrogens is 348 g/mol. The van der Waals surface area contributed by atoms with Crippen molar-refractivity contribution in [2.75, 3.05) is 57.9 Å². The summed E-state index contributed by atoms with van der Waals surface area (Å²) in [6, 6.07) is 7.56. The van der Waals surface area contributed by atoms with Crippen LogP contribution in [0.15, 0.2) is 41.1 Å². The Morgan fingerprint density at radius 2 is 1.81 bits per heavy atom. The molecule has 0 radical (unpaired) electrons. The smallest absolute Gasteiger partial charge is 0.350 e. The number of hydrogen-bond acceptors (Lipinski definition) is 6. The molecule has 142 valence electrons. The first-order valence-electron chi connectivity index (χ1n) is 9.02. The summed E-state index contributed by atoms with van der Waals surface area (Å²) in [5.41, 5.74) is 2.01. The van der Waals surface area contributed by atoms with E-state index in [4.69, 9.17) is 9.47 Å². The SMILES string of the molecule is COc1ccc(N2CCN(CCN3C(=O)N=C4COC=C4C3=O)CC2)cc1. The summed E-state index contributed by atoms with van der Waals surface area (Å²) in [6.45, 7) is 4.74. The fourth-order valence-electron chi connectivity index (χ4n) is 3.49. The fraction of sp³-hybridized carbons (Fsp3) is 0.421. The third kappa shape index (κ3) is 3.52. The van der Waals surface area contributed by atoms with Crippen molar-refractivity contribution in [1.82, 2.24) is 9.80 Å². The van der Waals surface area contributed by atoms with E-state index in [9.17, 15) is 9.59 Å². The third-order valence-electron chi connectivity index (χ3n) is 5.12. The largest absolute Gasteiger partial charge is 0.497 e. The molecule has 0 aliphatic carbocycles. The molecule has 0 spiro atoms. The summed E-state index contributed by atoms with van der Waals surface area (Å²) in [7, 11) is 1.66. The summed E-state index contributed by atoms with van der Waals surface area (Å²) >= 11 is 0. The number of carbonyl (C=O) groups is 2. The van der Waals surface area contributed by atoms with Gasteiger partial charge in [0, 0.05) is 45.0 Å². The van der Waals surface area contributed by atoms with Crippen LogP contribution in [-0.4, -0.2) is 80.4 Å². The summed E-state index contributed by atoms with van der Waals surface area (Å²) in [5.74, 6) is 0.543. The Kier molecular flexibility index (Phi) is 4.81. The first-order valence-corrected chi connectivity index (χ1v) is 9.02. The number of methoxy groups -OCH3 is 1. The molecule has 3 aliphatic heterocycles. The van der Waals surface area contributed by atoms with E-state index in [0.29, 0.717) is 24.4 Å². The molecule has 1 aromatic carbocycles. The summed E-state index contributed by atoms with van der Waals surface area (Å²) in [6.07, 6.45) is 1.40. The first-order chi connectivity index (χ1) is 13.2. The monoisotopic (exact) mass is 370 g/mol. The zero-order valence-electron chi connectivity index (χ0n) is 15.3. The van der Waals surface area contributed by atoms with E-state index in [0.717, 1.165) is 31.9 Å². The second-order valence-electron chi connectivity index (χ2n) is 6.67. The Bertz CT molecular complexity index is 794. The molecule has 8 heteroatoms. The van der Waals surface area contributed by atoms with E-state index in [2.05, 4.69) is 26.9 Å². The van der Waals surface area contributed by atoms with Gasteiger partial charge in [-0.2, -0.15) is 4.99 Å². The number of hydrogen-bond donors (Lipinski definition) is 0. The predicted molar refractivity (Wildman–Crippen MR) is 100 cm³/mol. The molecule has 0 atom stereocenters. The van der Waals surface area contributed by atoms with Gasteiger partial charge in [0.25, 0.3) is 5.91 Å². The van der Waals surface area contributed by atoms with Crippen LogP contribution in [-0.2, 0) is 9.53 Å². The van der Waals surface area contributed by atoms with Gasteiger partial charge in [0.2, 0.25) is 0 Å². The zero-order valence-corrected chi connectivity index (χ0v) is 15.3. The molecule has 3 heterocycles. The lowest BCUT2D eigenvalue weighted by molar-refractivity contribution is -0.124. The molecule has 3 aliphatic rings. The lowest BCUT2D eigenvalue weighted by atomic mass is 10.1. The predicted octanol–water partition coefficient (Wildman–Crippen LogP) is 1.13. The number of nitrogens with zero attached hydrogens (tertiary/aromatic N) is 4. The highest BCUT2D eigenvalue weighted by Gasteiger charge is 2.35. The lowest BCUT2D eigenvalue weighted by Gasteiger charge is -2.37. The van der Waals surface area contributed by atoms with Crippen molar-refractivity contribution >= 4 is 23.3 Å². The molecule has 1 aromatic rings. The number of piperazine rings is 1. The van der Waals surface area contributed by atoms with Crippen molar-refractivity contribution < 1.29 is 19.1 Å². The molecular formula is C19H22N4O4. The van der Waals surface area contributed by atoms with Crippen molar-refractivity contribution in [3.63, 3.8) is 0 Å². The Morgan fingerprint density at radius 1 is 1.07 bits per heavy atom. The summed E-state index contributed by atoms with van der Waals surface area (Å²) < 4.78 is 10.3. The van der Waals surface area contributed by atoms with E-state index in [1.807, 2.05) is 12.1 Å². The molecule has 4 rings (SSSR count). The van der Waals surface area contributed by atoms with E-state index < -0.39 is 6.03 Å². The van der Waals surface area contributed by atoms with Gasteiger partial charge in [-0.3, -0.25) is 14.6 Å². The maximum atomic E-state index is 12.4. The molecule has 0 bridgehead atoms. The average Bonchev–Trinajstić information content (AvgIpc) is 3.17. The van der Waals surface area contributed by atoms with Gasteiger partial charge in [0.05, 0.1) is 24.7 Å². The summed E-state index contributed by atoms with van der Waals surface area (Å²) in [5, 5.41) is 0. The molecule has 0 N–H and O–H groups in total. The van der Waals surface area contributed by atoms with Gasteiger partial charge in [-0.15, -0.1) is 0 Å². The standard InChI is InChI=1S/C19H22N4O4/c1-26-15-4-2-14(3-5-15)22-9-6-21(7-10-22)8-11-23-18(24)16-12-27-13-17(16)20-19(23)25/h2-5,12H,6-11,13H2,1H3. The highest BCUT2D eigenvalue weighted by atomic mass is 16.5. The van der Waals surface area contributed by atoms with Crippen LogP contribution in [0.25, 0.3) is 0 Å². The molecule has 8 nitrogen and oxygen atoms in total. The van der Waals surface area contributed by atoms with E-state index in [1.54, 1.807) is 7.11 Å². The Morgan fingerprint density at radius 3 is 2.52 bits per heavy atom. The first kappa shape index (κ1) is 17.5. The highest BCUT2D eigenvalue weighted by Crippen LogP contribution is 2.21. The van der Waals surface area contributed by atoms with Gasteiger partial charge >= 0.3 is 6.03 Å². The molecule has 1 fully saturated rings. The Hall–Kier alpha value is -2.87. The minimum absolute atomic E-state index is 0.202. The number of amides is 3. The van der Waals surface area contributed by atoms with Gasteiger partial charge in [0.15, 0.2) is 0 Å². The van der Waals surface area contributed by atoms with Crippen molar-refractivity contribution in [2.24, 2.45) is 4.99 Å². The molecule has 27 heavy (non-hydrogen) atoms. The van der Waals surface area contributed by atoms with E-state index >= 15 is 0 Å².